The maximum absolute atomic E-state index is 13.0. The Morgan fingerprint density at radius 2 is 2.15 bits per heavy atom. The number of aromatic nitrogens is 1. The topological polar surface area (TPSA) is 58.4 Å². The van der Waals surface area contributed by atoms with E-state index in [1.165, 1.54) is 0 Å². The van der Waals surface area contributed by atoms with E-state index >= 15 is 0 Å². The molecule has 2 heterocycles. The number of hydrogen-bond acceptors (Lipinski definition) is 5. The van der Waals surface area contributed by atoms with E-state index in [4.69, 9.17) is 4.52 Å². The molecule has 1 atom stereocenters. The van der Waals surface area contributed by atoms with Crippen LogP contribution < -0.4 is 5.32 Å². The third-order valence-electron chi connectivity index (χ3n) is 4.79. The maximum Gasteiger partial charge on any atom is 0.255 e. The summed E-state index contributed by atoms with van der Waals surface area (Å²) < 4.78 is 5.24. The Kier molecular flexibility index (Phi) is 7.55. The van der Waals surface area contributed by atoms with E-state index in [9.17, 15) is 4.79 Å². The van der Waals surface area contributed by atoms with Crippen LogP contribution in [0.2, 0.25) is 0 Å². The van der Waals surface area contributed by atoms with E-state index in [-0.39, 0.29) is 18.3 Å². The number of nitrogens with one attached hydrogen (secondary N) is 1. The smallest absolute Gasteiger partial charge is 0.255 e. The van der Waals surface area contributed by atoms with Crippen molar-refractivity contribution in [3.63, 3.8) is 0 Å². The van der Waals surface area contributed by atoms with Crippen molar-refractivity contribution >= 4 is 30.1 Å². The van der Waals surface area contributed by atoms with Crippen LogP contribution in [0, 0.1) is 13.8 Å². The molecule has 1 amide bonds. The molecule has 3 rings (SSSR count). The molecule has 1 aliphatic rings. The zero-order valence-corrected chi connectivity index (χ0v) is 17.1. The molecular formula is C19H26ClN3O2S. The fourth-order valence-corrected chi connectivity index (χ4v) is 4.39. The third kappa shape index (κ3) is 4.61. The number of piperidine rings is 1. The van der Waals surface area contributed by atoms with E-state index in [1.807, 2.05) is 50.1 Å². The molecule has 1 N–H and O–H groups in total. The van der Waals surface area contributed by atoms with Gasteiger partial charge in [-0.25, -0.2) is 0 Å². The zero-order valence-electron chi connectivity index (χ0n) is 15.4. The van der Waals surface area contributed by atoms with Crippen LogP contribution >= 0.6 is 24.2 Å². The summed E-state index contributed by atoms with van der Waals surface area (Å²) in [6.45, 7) is 5.49. The lowest BCUT2D eigenvalue weighted by molar-refractivity contribution is 0.0694. The van der Waals surface area contributed by atoms with Crippen LogP contribution in [0.3, 0.4) is 0 Å². The summed E-state index contributed by atoms with van der Waals surface area (Å²) in [5, 5.41) is 7.30. The number of rotatable bonds is 5. The highest BCUT2D eigenvalue weighted by molar-refractivity contribution is 7.98. The normalized spacial score (nSPS) is 17.0. The molecule has 1 fully saturated rings. The van der Waals surface area contributed by atoms with Crippen LogP contribution in [0.1, 0.15) is 40.2 Å². The van der Waals surface area contributed by atoms with E-state index in [0.29, 0.717) is 6.04 Å². The van der Waals surface area contributed by atoms with Crippen LogP contribution in [-0.4, -0.2) is 42.1 Å². The number of likely N-dealkylation sites (N-methyl/N-ethyl adjacent to an activating group) is 1. The van der Waals surface area contributed by atoms with Crippen molar-refractivity contribution < 1.29 is 9.32 Å². The van der Waals surface area contributed by atoms with Crippen molar-refractivity contribution in [2.24, 2.45) is 0 Å². The molecule has 26 heavy (non-hydrogen) atoms. The van der Waals surface area contributed by atoms with Gasteiger partial charge in [-0.1, -0.05) is 17.3 Å². The SMILES string of the molecule is CNC1CCCN(C(=O)c2ccccc2SCc2c(C)noc2C)C1.Cl. The van der Waals surface area contributed by atoms with Crippen molar-refractivity contribution in [2.45, 2.75) is 43.4 Å². The predicted molar refractivity (Wildman–Crippen MR) is 107 cm³/mol. The van der Waals surface area contributed by atoms with Gasteiger partial charge < -0.3 is 14.7 Å². The highest BCUT2D eigenvalue weighted by Crippen LogP contribution is 2.30. The molecule has 0 aliphatic carbocycles. The first-order valence-corrected chi connectivity index (χ1v) is 9.68. The molecule has 142 valence electrons. The van der Waals surface area contributed by atoms with Crippen LogP contribution in [-0.2, 0) is 5.75 Å². The Balaban J connectivity index is 0.00000243. The molecule has 1 aromatic carbocycles. The van der Waals surface area contributed by atoms with E-state index in [2.05, 4.69) is 10.5 Å². The van der Waals surface area contributed by atoms with Crippen LogP contribution in [0.5, 0.6) is 0 Å². The quantitative estimate of drug-likeness (QED) is 0.779. The van der Waals surface area contributed by atoms with Crippen LogP contribution in [0.15, 0.2) is 33.7 Å². The second-order valence-corrected chi connectivity index (χ2v) is 7.48. The standard InChI is InChI=1S/C19H25N3O2S.ClH/c1-13-17(14(2)24-21-13)12-25-18-9-5-4-8-16(18)19(23)22-10-6-7-15(11-22)20-3;/h4-5,8-9,15,20H,6-7,10-12H2,1-3H3;1H. The van der Waals surface area contributed by atoms with E-state index < -0.39 is 0 Å². The molecule has 1 aliphatic heterocycles. The third-order valence-corrected chi connectivity index (χ3v) is 5.89. The number of hydrogen-bond donors (Lipinski definition) is 1. The van der Waals surface area contributed by atoms with Crippen molar-refractivity contribution in [3.8, 4) is 0 Å². The molecule has 2 aromatic rings. The van der Waals surface area contributed by atoms with Crippen LogP contribution in [0.25, 0.3) is 0 Å². The van der Waals surface area contributed by atoms with E-state index in [1.54, 1.807) is 11.8 Å². The first-order valence-electron chi connectivity index (χ1n) is 8.70. The highest BCUT2D eigenvalue weighted by atomic mass is 35.5. The van der Waals surface area contributed by atoms with Gasteiger partial charge in [-0.2, -0.15) is 0 Å². The van der Waals surface area contributed by atoms with Gasteiger partial charge in [0.1, 0.15) is 5.76 Å². The van der Waals surface area contributed by atoms with Crippen molar-refractivity contribution in [3.05, 3.63) is 46.8 Å². The van der Waals surface area contributed by atoms with E-state index in [0.717, 1.165) is 59.2 Å². The zero-order chi connectivity index (χ0) is 17.8. The van der Waals surface area contributed by atoms with Gasteiger partial charge in [0.2, 0.25) is 0 Å². The molecule has 0 saturated carbocycles. The summed E-state index contributed by atoms with van der Waals surface area (Å²) in [6.07, 6.45) is 2.17. The second kappa shape index (κ2) is 9.44. The van der Waals surface area contributed by atoms with Gasteiger partial charge in [0, 0.05) is 35.3 Å². The number of halogens is 1. The molecule has 1 saturated heterocycles. The minimum atomic E-state index is 0. The number of likely N-dealkylation sites (tertiary alicyclic amines) is 1. The Morgan fingerprint density at radius 3 is 2.85 bits per heavy atom. The fraction of sp³-hybridized carbons (Fsp3) is 0.474. The van der Waals surface area contributed by atoms with Gasteiger partial charge in [-0.05, 0) is 45.9 Å². The number of carbonyl (C=O) groups is 1. The van der Waals surface area contributed by atoms with Crippen molar-refractivity contribution in [1.29, 1.82) is 0 Å². The molecule has 0 spiro atoms. The summed E-state index contributed by atoms with van der Waals surface area (Å²) in [5.41, 5.74) is 2.82. The highest BCUT2D eigenvalue weighted by Gasteiger charge is 2.25. The summed E-state index contributed by atoms with van der Waals surface area (Å²) in [7, 11) is 1.96. The number of nitrogens with zero attached hydrogens (tertiary/aromatic N) is 2. The summed E-state index contributed by atoms with van der Waals surface area (Å²) >= 11 is 1.67. The Labute approximate surface area is 165 Å². The van der Waals surface area contributed by atoms with Gasteiger partial charge in [0.25, 0.3) is 5.91 Å². The molecule has 5 nitrogen and oxygen atoms in total. The number of amides is 1. The number of carbonyl (C=O) groups excluding carboxylic acids is 1. The van der Waals surface area contributed by atoms with Gasteiger partial charge in [-0.3, -0.25) is 4.79 Å². The molecule has 7 heteroatoms. The summed E-state index contributed by atoms with van der Waals surface area (Å²) in [6, 6.07) is 8.27. The predicted octanol–water partition coefficient (Wildman–Crippen LogP) is 3.83. The number of thioether (sulfide) groups is 1. The fourth-order valence-electron chi connectivity index (χ4n) is 3.19. The van der Waals surface area contributed by atoms with Crippen molar-refractivity contribution in [2.75, 3.05) is 20.1 Å². The lowest BCUT2D eigenvalue weighted by Crippen LogP contribution is -2.47. The van der Waals surface area contributed by atoms with Crippen LogP contribution in [0.4, 0.5) is 0 Å². The van der Waals surface area contributed by atoms with Gasteiger partial charge in [0.15, 0.2) is 0 Å². The Bertz CT molecular complexity index is 731. The monoisotopic (exact) mass is 395 g/mol. The molecule has 1 aromatic heterocycles. The Hall–Kier alpha value is -1.50. The van der Waals surface area contributed by atoms with Gasteiger partial charge in [0.05, 0.1) is 11.3 Å². The van der Waals surface area contributed by atoms with Crippen molar-refractivity contribution in [1.82, 2.24) is 15.4 Å². The molecule has 0 radical (unpaired) electrons. The Morgan fingerprint density at radius 1 is 1.38 bits per heavy atom. The van der Waals surface area contributed by atoms with Gasteiger partial charge in [-0.15, -0.1) is 24.2 Å². The molecule has 1 unspecified atom stereocenters. The minimum absolute atomic E-state index is 0. The maximum atomic E-state index is 13.0. The van der Waals surface area contributed by atoms with Gasteiger partial charge >= 0.3 is 0 Å². The summed E-state index contributed by atoms with van der Waals surface area (Å²) in [4.78, 5) is 16.0. The molecular weight excluding hydrogens is 370 g/mol. The average molecular weight is 396 g/mol. The first kappa shape index (κ1) is 20.8. The number of benzene rings is 1. The lowest BCUT2D eigenvalue weighted by Gasteiger charge is -2.33. The minimum Gasteiger partial charge on any atom is -0.361 e. The first-order chi connectivity index (χ1) is 12.1. The second-order valence-electron chi connectivity index (χ2n) is 6.47. The average Bonchev–Trinajstić information content (AvgIpc) is 2.97. The molecule has 0 bridgehead atoms. The summed E-state index contributed by atoms with van der Waals surface area (Å²) in [5.74, 6) is 1.73. The lowest BCUT2D eigenvalue weighted by atomic mass is 10.0. The largest absolute Gasteiger partial charge is 0.361 e. The number of aryl methyl sites for hydroxylation is 2.